The van der Waals surface area contributed by atoms with E-state index in [1.807, 2.05) is 36.4 Å². The number of para-hydroxylation sites is 1. The summed E-state index contributed by atoms with van der Waals surface area (Å²) in [6.07, 6.45) is 0. The molecule has 0 aliphatic heterocycles. The van der Waals surface area contributed by atoms with Crippen LogP contribution < -0.4 is 0 Å². The van der Waals surface area contributed by atoms with Gasteiger partial charge in [-0.1, -0.05) is 146 Å². The molecule has 0 bridgehead atoms. The molecular weight excluding hydrogens is 747 g/mol. The molecule has 61 heavy (non-hydrogen) atoms. The summed E-state index contributed by atoms with van der Waals surface area (Å²) in [6, 6.07) is 66.5. The number of rotatable bonds is 3. The standard InChI is InChI=1S/C56H31N3O2/c1-2-13-33(14-3-1)53-57-54(35-23-22-32-12-4-5-15-34(32)28-35)59-55(58-53)36-24-25-41-49(29-36)61-48-27-26-40-42-30-43-39-18-8-11-21-47(39)60-50(43)31-46(42)56(52(40)51(41)48)44-19-9-6-16-37(44)38-17-7-10-20-45(38)56/h1-31H. The Bertz CT molecular complexity index is 3800. The van der Waals surface area contributed by atoms with E-state index in [-0.39, 0.29) is 0 Å². The Kier molecular flexibility index (Phi) is 6.43. The molecule has 0 fully saturated rings. The molecule has 0 amide bonds. The van der Waals surface area contributed by atoms with Gasteiger partial charge in [-0.2, -0.15) is 0 Å². The van der Waals surface area contributed by atoms with Gasteiger partial charge in [0.15, 0.2) is 17.5 Å². The molecular formula is C56H31N3O2. The van der Waals surface area contributed by atoms with Gasteiger partial charge >= 0.3 is 0 Å². The smallest absolute Gasteiger partial charge is 0.164 e. The van der Waals surface area contributed by atoms with E-state index < -0.39 is 5.41 Å². The van der Waals surface area contributed by atoms with Crippen molar-refractivity contribution in [3.63, 3.8) is 0 Å². The highest BCUT2D eigenvalue weighted by Crippen LogP contribution is 2.65. The van der Waals surface area contributed by atoms with Crippen LogP contribution in [-0.2, 0) is 5.41 Å². The first-order valence-corrected chi connectivity index (χ1v) is 20.7. The predicted octanol–water partition coefficient (Wildman–Crippen LogP) is 14.2. The maximum absolute atomic E-state index is 6.93. The van der Waals surface area contributed by atoms with Gasteiger partial charge < -0.3 is 8.83 Å². The first kappa shape index (κ1) is 32.8. The molecule has 0 radical (unpaired) electrons. The predicted molar refractivity (Wildman–Crippen MR) is 244 cm³/mol. The van der Waals surface area contributed by atoms with Crippen LogP contribution >= 0.6 is 0 Å². The quantitative estimate of drug-likeness (QED) is 0.179. The van der Waals surface area contributed by atoms with Gasteiger partial charge in [0.25, 0.3) is 0 Å². The SMILES string of the molecule is c1ccc(-c2nc(-c3ccc4ccccc4c3)nc(-c3ccc4c(c3)oc3ccc5c(c34)C3(c4ccccc4-c4ccccc43)c3cc4oc6ccccc6c4cc3-5)n2)cc1. The van der Waals surface area contributed by atoms with Crippen LogP contribution in [0.25, 0.3) is 111 Å². The second-order valence-corrected chi connectivity index (χ2v) is 16.2. The molecule has 3 aromatic heterocycles. The van der Waals surface area contributed by atoms with E-state index in [2.05, 4.69) is 152 Å². The molecule has 0 saturated heterocycles. The van der Waals surface area contributed by atoms with Crippen LogP contribution in [0.4, 0.5) is 0 Å². The molecule has 1 spiro atoms. The maximum Gasteiger partial charge on any atom is 0.164 e. The Labute approximate surface area is 349 Å². The molecule has 0 saturated carbocycles. The Hall–Kier alpha value is -8.15. The summed E-state index contributed by atoms with van der Waals surface area (Å²) in [4.78, 5) is 15.2. The summed E-state index contributed by atoms with van der Waals surface area (Å²) in [5.41, 5.74) is 15.4. The van der Waals surface area contributed by atoms with Crippen LogP contribution in [0, 0.1) is 0 Å². The van der Waals surface area contributed by atoms with Crippen molar-refractivity contribution in [3.8, 4) is 56.4 Å². The van der Waals surface area contributed by atoms with Crippen molar-refractivity contribution < 1.29 is 8.83 Å². The van der Waals surface area contributed by atoms with Gasteiger partial charge in [0.05, 0.1) is 5.41 Å². The lowest BCUT2D eigenvalue weighted by Crippen LogP contribution is -2.26. The van der Waals surface area contributed by atoms with Crippen molar-refractivity contribution in [2.45, 2.75) is 5.41 Å². The minimum Gasteiger partial charge on any atom is -0.456 e. The topological polar surface area (TPSA) is 65.0 Å². The van der Waals surface area contributed by atoms with Gasteiger partial charge in [0.1, 0.15) is 22.3 Å². The zero-order chi connectivity index (χ0) is 39.8. The van der Waals surface area contributed by atoms with Crippen LogP contribution in [0.15, 0.2) is 197 Å². The van der Waals surface area contributed by atoms with Crippen molar-refractivity contribution in [2.24, 2.45) is 0 Å². The molecule has 0 atom stereocenters. The van der Waals surface area contributed by atoms with E-state index >= 15 is 0 Å². The number of aromatic nitrogens is 3. The van der Waals surface area contributed by atoms with Crippen molar-refractivity contribution in [3.05, 3.63) is 210 Å². The maximum atomic E-state index is 6.93. The Balaban J connectivity index is 1.02. The molecule has 9 aromatic carbocycles. The van der Waals surface area contributed by atoms with Gasteiger partial charge in [-0.05, 0) is 97.7 Å². The molecule has 3 heterocycles. The molecule has 282 valence electrons. The van der Waals surface area contributed by atoms with Gasteiger partial charge in [0, 0.05) is 38.2 Å². The molecule has 14 rings (SSSR count). The summed E-state index contributed by atoms with van der Waals surface area (Å²) < 4.78 is 13.5. The molecule has 0 N–H and O–H groups in total. The lowest BCUT2D eigenvalue weighted by atomic mass is 9.69. The fourth-order valence-corrected chi connectivity index (χ4v) is 10.5. The van der Waals surface area contributed by atoms with E-state index in [1.54, 1.807) is 0 Å². The molecule has 5 heteroatoms. The van der Waals surface area contributed by atoms with Crippen molar-refractivity contribution in [2.75, 3.05) is 0 Å². The third-order valence-corrected chi connectivity index (χ3v) is 13.1. The van der Waals surface area contributed by atoms with E-state index in [0.717, 1.165) is 66.0 Å². The third-order valence-electron chi connectivity index (χ3n) is 13.1. The molecule has 0 unspecified atom stereocenters. The minimum absolute atomic E-state index is 0.585. The highest BCUT2D eigenvalue weighted by atomic mass is 16.3. The van der Waals surface area contributed by atoms with Gasteiger partial charge in [0.2, 0.25) is 0 Å². The highest BCUT2D eigenvalue weighted by molar-refractivity contribution is 6.16. The number of nitrogens with zero attached hydrogens (tertiary/aromatic N) is 3. The minimum atomic E-state index is -0.604. The molecule has 2 aliphatic rings. The zero-order valence-electron chi connectivity index (χ0n) is 32.6. The number of benzene rings is 9. The van der Waals surface area contributed by atoms with Gasteiger partial charge in [-0.3, -0.25) is 0 Å². The molecule has 5 nitrogen and oxygen atoms in total. The lowest BCUT2D eigenvalue weighted by molar-refractivity contribution is 0.666. The number of hydrogen-bond acceptors (Lipinski definition) is 5. The fourth-order valence-electron chi connectivity index (χ4n) is 10.5. The first-order chi connectivity index (χ1) is 30.2. The van der Waals surface area contributed by atoms with Crippen LogP contribution in [0.2, 0.25) is 0 Å². The van der Waals surface area contributed by atoms with E-state index in [9.17, 15) is 0 Å². The van der Waals surface area contributed by atoms with Crippen molar-refractivity contribution >= 4 is 54.6 Å². The second-order valence-electron chi connectivity index (χ2n) is 16.2. The zero-order valence-corrected chi connectivity index (χ0v) is 32.6. The third kappa shape index (κ3) is 4.41. The normalized spacial score (nSPS) is 13.4. The summed E-state index contributed by atoms with van der Waals surface area (Å²) in [6.45, 7) is 0. The van der Waals surface area contributed by atoms with Gasteiger partial charge in [-0.15, -0.1) is 0 Å². The Morgan fingerprint density at radius 1 is 0.328 bits per heavy atom. The fraction of sp³-hybridized carbons (Fsp3) is 0.0179. The van der Waals surface area contributed by atoms with E-state index in [1.165, 1.54) is 49.9 Å². The first-order valence-electron chi connectivity index (χ1n) is 20.7. The van der Waals surface area contributed by atoms with Crippen LogP contribution in [-0.4, -0.2) is 15.0 Å². The number of furan rings is 2. The highest BCUT2D eigenvalue weighted by Gasteiger charge is 2.53. The van der Waals surface area contributed by atoms with E-state index in [4.69, 9.17) is 23.8 Å². The average molecular weight is 778 g/mol. The van der Waals surface area contributed by atoms with E-state index in [0.29, 0.717) is 17.5 Å². The van der Waals surface area contributed by atoms with Crippen LogP contribution in [0.1, 0.15) is 22.3 Å². The van der Waals surface area contributed by atoms with Gasteiger partial charge in [-0.25, -0.2) is 15.0 Å². The van der Waals surface area contributed by atoms with Crippen LogP contribution in [0.5, 0.6) is 0 Å². The Morgan fingerprint density at radius 2 is 0.951 bits per heavy atom. The summed E-state index contributed by atoms with van der Waals surface area (Å²) in [5.74, 6) is 1.82. The molecule has 2 aliphatic carbocycles. The molecule has 12 aromatic rings. The Morgan fingerprint density at radius 3 is 1.75 bits per heavy atom. The van der Waals surface area contributed by atoms with Crippen molar-refractivity contribution in [1.29, 1.82) is 0 Å². The average Bonchev–Trinajstić information content (AvgIpc) is 4.05. The number of hydrogen-bond donors (Lipinski definition) is 0. The lowest BCUT2D eigenvalue weighted by Gasteiger charge is -2.31. The second kappa shape index (κ2) is 12.0. The summed E-state index contributed by atoms with van der Waals surface area (Å²) in [7, 11) is 0. The monoisotopic (exact) mass is 777 g/mol. The summed E-state index contributed by atoms with van der Waals surface area (Å²) in [5, 5.41) is 6.70. The van der Waals surface area contributed by atoms with Crippen molar-refractivity contribution in [1.82, 2.24) is 15.0 Å². The number of fused-ring (bicyclic) bond motifs is 18. The largest absolute Gasteiger partial charge is 0.456 e. The van der Waals surface area contributed by atoms with Crippen LogP contribution in [0.3, 0.4) is 0 Å². The summed E-state index contributed by atoms with van der Waals surface area (Å²) >= 11 is 0.